The van der Waals surface area contributed by atoms with Crippen LogP contribution in [0.3, 0.4) is 0 Å². The van der Waals surface area contributed by atoms with Crippen molar-refractivity contribution in [1.82, 2.24) is 9.55 Å². The van der Waals surface area contributed by atoms with Gasteiger partial charge in [-0.25, -0.2) is 4.98 Å². The quantitative estimate of drug-likeness (QED) is 0.910. The second-order valence-electron chi connectivity index (χ2n) is 5.76. The van der Waals surface area contributed by atoms with E-state index in [2.05, 4.69) is 34.7 Å². The van der Waals surface area contributed by atoms with E-state index in [1.54, 1.807) is 6.20 Å². The number of benzene rings is 1. The number of aliphatic hydroxyl groups excluding tert-OH is 1. The lowest BCUT2D eigenvalue weighted by Gasteiger charge is -2.19. The van der Waals surface area contributed by atoms with Gasteiger partial charge in [0.1, 0.15) is 24.1 Å². The molecule has 3 heterocycles. The highest BCUT2D eigenvalue weighted by atomic mass is 16.6. The molecule has 2 aromatic rings. The Labute approximate surface area is 123 Å². The van der Waals surface area contributed by atoms with Gasteiger partial charge in [-0.15, -0.1) is 0 Å². The number of rotatable bonds is 2. The minimum atomic E-state index is -0.522. The summed E-state index contributed by atoms with van der Waals surface area (Å²) in [5.74, 6) is 0.915. The molecule has 2 fully saturated rings. The Balaban J connectivity index is 1.70. The van der Waals surface area contributed by atoms with E-state index < -0.39 is 6.10 Å². The lowest BCUT2D eigenvalue weighted by molar-refractivity contribution is 0.0172. The molecule has 0 saturated carbocycles. The fraction of sp³-hybridized carbons (Fsp3) is 0.438. The first-order chi connectivity index (χ1) is 10.2. The van der Waals surface area contributed by atoms with E-state index in [1.807, 2.05) is 12.3 Å². The number of nitrogens with zero attached hydrogens (tertiary/aromatic N) is 2. The van der Waals surface area contributed by atoms with Crippen molar-refractivity contribution in [3.63, 3.8) is 0 Å². The highest BCUT2D eigenvalue weighted by Crippen LogP contribution is 2.36. The minimum Gasteiger partial charge on any atom is -0.388 e. The zero-order chi connectivity index (χ0) is 14.4. The Morgan fingerprint density at radius 3 is 2.95 bits per heavy atom. The summed E-state index contributed by atoms with van der Waals surface area (Å²) in [6.45, 7) is 2.96. The van der Waals surface area contributed by atoms with Crippen molar-refractivity contribution in [2.45, 2.75) is 31.3 Å². The molecule has 4 atom stereocenters. The number of imidazole rings is 1. The molecule has 1 N–H and O–H groups in total. The first kappa shape index (κ1) is 13.0. The summed E-state index contributed by atoms with van der Waals surface area (Å²) in [7, 11) is 0. The Morgan fingerprint density at radius 2 is 2.10 bits per heavy atom. The maximum atomic E-state index is 9.86. The molecule has 0 aliphatic carbocycles. The van der Waals surface area contributed by atoms with Crippen LogP contribution in [-0.2, 0) is 9.47 Å². The monoisotopic (exact) mass is 286 g/mol. The third-order valence-corrected chi connectivity index (χ3v) is 4.30. The van der Waals surface area contributed by atoms with Gasteiger partial charge in [0.2, 0.25) is 0 Å². The molecule has 0 amide bonds. The maximum absolute atomic E-state index is 9.86. The second-order valence-corrected chi connectivity index (χ2v) is 5.76. The molecule has 0 spiro atoms. The number of aryl methyl sites for hydroxylation is 1. The number of fused-ring (bicyclic) bond motifs is 1. The lowest BCUT2D eigenvalue weighted by atomic mass is 10.1. The van der Waals surface area contributed by atoms with Crippen molar-refractivity contribution in [3.05, 3.63) is 42.2 Å². The summed E-state index contributed by atoms with van der Waals surface area (Å²) in [5.41, 5.74) is 2.29. The van der Waals surface area contributed by atoms with Gasteiger partial charge in [-0.2, -0.15) is 0 Å². The average molecular weight is 286 g/mol. The van der Waals surface area contributed by atoms with Crippen molar-refractivity contribution in [1.29, 1.82) is 0 Å². The first-order valence-electron chi connectivity index (χ1n) is 7.25. The van der Waals surface area contributed by atoms with Crippen LogP contribution in [0, 0.1) is 6.92 Å². The van der Waals surface area contributed by atoms with Crippen LogP contribution in [0.5, 0.6) is 0 Å². The topological polar surface area (TPSA) is 56.5 Å². The van der Waals surface area contributed by atoms with Gasteiger partial charge in [0.25, 0.3) is 0 Å². The summed E-state index contributed by atoms with van der Waals surface area (Å²) >= 11 is 0. The maximum Gasteiger partial charge on any atom is 0.140 e. The number of aliphatic hydroxyl groups is 1. The third-order valence-electron chi connectivity index (χ3n) is 4.30. The summed E-state index contributed by atoms with van der Waals surface area (Å²) in [6, 6.07) is 8.35. The zero-order valence-corrected chi connectivity index (χ0v) is 11.8. The molecule has 4 rings (SSSR count). The molecule has 2 aliphatic heterocycles. The van der Waals surface area contributed by atoms with E-state index >= 15 is 0 Å². The van der Waals surface area contributed by atoms with Crippen LogP contribution in [0.15, 0.2) is 36.7 Å². The van der Waals surface area contributed by atoms with E-state index in [-0.39, 0.29) is 18.2 Å². The number of aromatic nitrogens is 2. The molecule has 21 heavy (non-hydrogen) atoms. The van der Waals surface area contributed by atoms with Crippen molar-refractivity contribution >= 4 is 0 Å². The minimum absolute atomic E-state index is 0.0603. The highest BCUT2D eigenvalue weighted by molar-refractivity contribution is 5.56. The SMILES string of the molecule is Cc1cccc(-c2nccn2[C@@H]2CO[C@H]3[C@@H]2OC[C@H]3O)c1. The number of hydrogen-bond donors (Lipinski definition) is 1. The van der Waals surface area contributed by atoms with E-state index in [4.69, 9.17) is 9.47 Å². The van der Waals surface area contributed by atoms with Gasteiger partial charge < -0.3 is 19.1 Å². The molecule has 2 aliphatic rings. The number of ether oxygens (including phenoxy) is 2. The second kappa shape index (κ2) is 4.94. The van der Waals surface area contributed by atoms with Gasteiger partial charge in [-0.05, 0) is 13.0 Å². The highest BCUT2D eigenvalue weighted by Gasteiger charge is 2.48. The van der Waals surface area contributed by atoms with Crippen LogP contribution in [0.4, 0.5) is 0 Å². The standard InChI is InChI=1S/C16H18N2O3/c1-10-3-2-4-11(7-10)16-17-5-6-18(16)12-8-20-15-13(19)9-21-14(12)15/h2-7,12-15,19H,8-9H2,1H3/t12-,13-,14-,15-/m1/s1. The van der Waals surface area contributed by atoms with Gasteiger partial charge in [0, 0.05) is 18.0 Å². The summed E-state index contributed by atoms with van der Waals surface area (Å²) < 4.78 is 13.5. The molecule has 1 aromatic heterocycles. The molecule has 0 bridgehead atoms. The van der Waals surface area contributed by atoms with Crippen molar-refractivity contribution in [2.75, 3.05) is 13.2 Å². The molecule has 2 saturated heterocycles. The normalized spacial score (nSPS) is 31.5. The van der Waals surface area contributed by atoms with Gasteiger partial charge in [-0.3, -0.25) is 0 Å². The van der Waals surface area contributed by atoms with Crippen LogP contribution in [0.2, 0.25) is 0 Å². The van der Waals surface area contributed by atoms with Crippen LogP contribution in [0.25, 0.3) is 11.4 Å². The van der Waals surface area contributed by atoms with Crippen molar-refractivity contribution in [3.8, 4) is 11.4 Å². The van der Waals surface area contributed by atoms with E-state index in [1.165, 1.54) is 5.56 Å². The largest absolute Gasteiger partial charge is 0.388 e. The zero-order valence-electron chi connectivity index (χ0n) is 11.8. The molecule has 5 heteroatoms. The van der Waals surface area contributed by atoms with Crippen LogP contribution in [0.1, 0.15) is 11.6 Å². The van der Waals surface area contributed by atoms with E-state index in [9.17, 15) is 5.11 Å². The van der Waals surface area contributed by atoms with E-state index in [0.717, 1.165) is 11.4 Å². The molecular formula is C16H18N2O3. The van der Waals surface area contributed by atoms with Gasteiger partial charge in [0.15, 0.2) is 0 Å². The molecule has 0 unspecified atom stereocenters. The average Bonchev–Trinajstić information content (AvgIpc) is 3.16. The van der Waals surface area contributed by atoms with Crippen molar-refractivity contribution < 1.29 is 14.6 Å². The van der Waals surface area contributed by atoms with E-state index in [0.29, 0.717) is 13.2 Å². The molecular weight excluding hydrogens is 268 g/mol. The molecule has 1 aromatic carbocycles. The fourth-order valence-corrected chi connectivity index (χ4v) is 3.29. The molecule has 110 valence electrons. The number of hydrogen-bond acceptors (Lipinski definition) is 4. The smallest absolute Gasteiger partial charge is 0.140 e. The van der Waals surface area contributed by atoms with Gasteiger partial charge in [0.05, 0.1) is 19.3 Å². The lowest BCUT2D eigenvalue weighted by Crippen LogP contribution is -2.30. The van der Waals surface area contributed by atoms with Gasteiger partial charge >= 0.3 is 0 Å². The van der Waals surface area contributed by atoms with Crippen LogP contribution >= 0.6 is 0 Å². The summed E-state index contributed by atoms with van der Waals surface area (Å²) in [4.78, 5) is 4.49. The van der Waals surface area contributed by atoms with Crippen LogP contribution in [-0.4, -0.2) is 46.2 Å². The van der Waals surface area contributed by atoms with Crippen molar-refractivity contribution in [2.24, 2.45) is 0 Å². The first-order valence-corrected chi connectivity index (χ1v) is 7.25. The third kappa shape index (κ3) is 2.09. The Kier molecular flexibility index (Phi) is 3.06. The summed E-state index contributed by atoms with van der Waals surface area (Å²) in [5, 5.41) is 9.86. The Bertz CT molecular complexity index is 654. The fourth-order valence-electron chi connectivity index (χ4n) is 3.29. The van der Waals surface area contributed by atoms with Crippen LogP contribution < -0.4 is 0 Å². The van der Waals surface area contributed by atoms with Gasteiger partial charge in [-0.1, -0.05) is 23.8 Å². The predicted octanol–water partition coefficient (Wildman–Crippen LogP) is 1.56. The Hall–Kier alpha value is -1.69. The Morgan fingerprint density at radius 1 is 1.24 bits per heavy atom. The predicted molar refractivity (Wildman–Crippen MR) is 76.9 cm³/mol. The summed E-state index contributed by atoms with van der Waals surface area (Å²) in [6.07, 6.45) is 2.92. The molecule has 5 nitrogen and oxygen atoms in total. The molecule has 0 radical (unpaired) electrons.